The van der Waals surface area contributed by atoms with Gasteiger partial charge in [-0.25, -0.2) is 4.79 Å². The molecule has 27 heavy (non-hydrogen) atoms. The third-order valence-electron chi connectivity index (χ3n) is 4.05. The van der Waals surface area contributed by atoms with Crippen molar-refractivity contribution in [3.8, 4) is 11.8 Å². The minimum atomic E-state index is -0.771. The van der Waals surface area contributed by atoms with E-state index in [1.54, 1.807) is 14.2 Å². The summed E-state index contributed by atoms with van der Waals surface area (Å²) in [6.45, 7) is 0.492. The number of rotatable bonds is 8. The zero-order valence-electron chi connectivity index (χ0n) is 15.6. The van der Waals surface area contributed by atoms with Crippen LogP contribution in [0.1, 0.15) is 11.8 Å². The Morgan fingerprint density at radius 2 is 2.07 bits per heavy atom. The molecule has 10 heteroatoms. The van der Waals surface area contributed by atoms with Crippen molar-refractivity contribution in [2.75, 3.05) is 53.5 Å². The highest BCUT2D eigenvalue weighted by Gasteiger charge is 2.46. The van der Waals surface area contributed by atoms with Crippen molar-refractivity contribution in [2.45, 2.75) is 24.5 Å². The molecule has 0 saturated carbocycles. The van der Waals surface area contributed by atoms with Crippen LogP contribution in [0.4, 0.5) is 5.82 Å². The third kappa shape index (κ3) is 5.04. The number of nitrogens with two attached hydrogens (primary N) is 1. The number of aliphatic hydroxyl groups is 1. The fraction of sp³-hybridized carbons (Fsp3) is 0.647. The highest BCUT2D eigenvalue weighted by atomic mass is 16.6. The lowest BCUT2D eigenvalue weighted by atomic mass is 10.1. The number of nitrogen functional groups attached to an aromatic ring is 1. The van der Waals surface area contributed by atoms with Crippen LogP contribution in [0, 0.1) is 11.8 Å². The maximum absolute atomic E-state index is 12.4. The van der Waals surface area contributed by atoms with Gasteiger partial charge in [-0.2, -0.15) is 4.98 Å². The van der Waals surface area contributed by atoms with Gasteiger partial charge in [-0.05, 0) is 0 Å². The number of hydrogen-bond donors (Lipinski definition) is 2. The van der Waals surface area contributed by atoms with Crippen molar-refractivity contribution in [3.63, 3.8) is 0 Å². The smallest absolute Gasteiger partial charge is 0.351 e. The molecule has 1 aliphatic heterocycles. The molecule has 1 aliphatic rings. The van der Waals surface area contributed by atoms with Crippen LogP contribution in [0.2, 0.25) is 0 Å². The van der Waals surface area contributed by atoms with Crippen molar-refractivity contribution < 1.29 is 28.8 Å². The summed E-state index contributed by atoms with van der Waals surface area (Å²) < 4.78 is 28.4. The van der Waals surface area contributed by atoms with Crippen LogP contribution in [-0.2, 0) is 23.7 Å². The molecule has 150 valence electrons. The highest BCUT2D eigenvalue weighted by Crippen LogP contribution is 2.32. The lowest BCUT2D eigenvalue weighted by Crippen LogP contribution is -2.39. The van der Waals surface area contributed by atoms with Crippen LogP contribution in [0.5, 0.6) is 0 Å². The molecule has 0 unspecified atom stereocenters. The monoisotopic (exact) mass is 383 g/mol. The lowest BCUT2D eigenvalue weighted by molar-refractivity contribution is -0.0672. The molecule has 0 aromatic carbocycles. The third-order valence-corrected chi connectivity index (χ3v) is 4.05. The molecule has 1 saturated heterocycles. The average molecular weight is 383 g/mol. The van der Waals surface area contributed by atoms with Gasteiger partial charge in [-0.3, -0.25) is 4.57 Å². The summed E-state index contributed by atoms with van der Waals surface area (Å²) in [4.78, 5) is 16.2. The fourth-order valence-electron chi connectivity index (χ4n) is 2.85. The summed E-state index contributed by atoms with van der Waals surface area (Å²) in [6, 6.07) is 0. The molecule has 4 atom stereocenters. The van der Waals surface area contributed by atoms with Crippen LogP contribution < -0.4 is 11.4 Å². The van der Waals surface area contributed by atoms with E-state index < -0.39 is 30.2 Å². The summed E-state index contributed by atoms with van der Waals surface area (Å²) in [6.07, 6.45) is -0.687. The SMILES string of the molecule is COC[C@H]1O[C@@H](n2cc(C#CCOCCO)c(N)nc2=O)[C@H](OC)[C@@H]1OC. The Bertz CT molecular complexity index is 727. The molecule has 0 spiro atoms. The van der Waals surface area contributed by atoms with Crippen molar-refractivity contribution in [3.05, 3.63) is 22.2 Å². The summed E-state index contributed by atoms with van der Waals surface area (Å²) in [5, 5.41) is 8.68. The quantitative estimate of drug-likeness (QED) is 0.418. The summed E-state index contributed by atoms with van der Waals surface area (Å²) >= 11 is 0. The molecule has 2 rings (SSSR count). The van der Waals surface area contributed by atoms with E-state index in [1.807, 2.05) is 0 Å². The Hall–Kier alpha value is -2.00. The van der Waals surface area contributed by atoms with E-state index in [1.165, 1.54) is 17.9 Å². The molecule has 1 fully saturated rings. The first-order valence-corrected chi connectivity index (χ1v) is 8.33. The zero-order valence-corrected chi connectivity index (χ0v) is 15.6. The number of aliphatic hydroxyl groups excluding tert-OH is 1. The van der Waals surface area contributed by atoms with Gasteiger partial charge in [0.1, 0.15) is 30.7 Å². The topological polar surface area (TPSA) is 127 Å². The van der Waals surface area contributed by atoms with Gasteiger partial charge in [0.15, 0.2) is 6.23 Å². The predicted octanol–water partition coefficient (Wildman–Crippen LogP) is -1.24. The van der Waals surface area contributed by atoms with Crippen LogP contribution in [0.15, 0.2) is 11.0 Å². The first kappa shape index (κ1) is 21.3. The van der Waals surface area contributed by atoms with Gasteiger partial charge < -0.3 is 34.5 Å². The largest absolute Gasteiger partial charge is 0.394 e. The second kappa shape index (κ2) is 10.4. The van der Waals surface area contributed by atoms with Gasteiger partial charge >= 0.3 is 5.69 Å². The van der Waals surface area contributed by atoms with E-state index in [0.717, 1.165) is 0 Å². The molecule has 0 bridgehead atoms. The number of nitrogens with zero attached hydrogens (tertiary/aromatic N) is 2. The Balaban J connectivity index is 2.31. The second-order valence-electron chi connectivity index (χ2n) is 5.73. The Kier molecular flexibility index (Phi) is 8.18. The molecule has 3 N–H and O–H groups in total. The van der Waals surface area contributed by atoms with E-state index in [4.69, 9.17) is 34.5 Å². The van der Waals surface area contributed by atoms with Gasteiger partial charge in [0.05, 0.1) is 25.4 Å². The lowest BCUT2D eigenvalue weighted by Gasteiger charge is -2.22. The van der Waals surface area contributed by atoms with Crippen molar-refractivity contribution in [2.24, 2.45) is 0 Å². The van der Waals surface area contributed by atoms with Gasteiger partial charge in [0.2, 0.25) is 0 Å². The van der Waals surface area contributed by atoms with E-state index >= 15 is 0 Å². The molecular formula is C17H25N3O7. The van der Waals surface area contributed by atoms with Crippen molar-refractivity contribution >= 4 is 5.82 Å². The van der Waals surface area contributed by atoms with E-state index in [2.05, 4.69) is 16.8 Å². The molecule has 0 aliphatic carbocycles. The zero-order chi connectivity index (χ0) is 19.8. The Morgan fingerprint density at radius 3 is 2.70 bits per heavy atom. The summed E-state index contributed by atoms with van der Waals surface area (Å²) in [5.41, 5.74) is 5.56. The first-order chi connectivity index (χ1) is 13.1. The second-order valence-corrected chi connectivity index (χ2v) is 5.73. The molecule has 0 amide bonds. The number of anilines is 1. The van der Waals surface area contributed by atoms with Crippen molar-refractivity contribution in [1.82, 2.24) is 9.55 Å². The highest BCUT2D eigenvalue weighted by molar-refractivity contribution is 5.49. The standard InChI is InChI=1S/C17H25N3O7/c1-23-10-12-13(24-2)14(25-3)16(27-12)20-9-11(15(18)19-17(20)22)5-4-7-26-8-6-21/h9,12-14,16,21H,6-8,10H2,1-3H3,(H2,18,19,22)/t12-,13-,14-,16-/m1/s1. The first-order valence-electron chi connectivity index (χ1n) is 8.33. The predicted molar refractivity (Wildman–Crippen MR) is 95.1 cm³/mol. The van der Waals surface area contributed by atoms with Gasteiger partial charge in [-0.15, -0.1) is 0 Å². The van der Waals surface area contributed by atoms with E-state index in [0.29, 0.717) is 5.56 Å². The normalized spacial score (nSPS) is 24.6. The number of methoxy groups -OCH3 is 3. The van der Waals surface area contributed by atoms with Crippen LogP contribution >= 0.6 is 0 Å². The molecule has 1 aromatic rings. The maximum Gasteiger partial charge on any atom is 0.351 e. The van der Waals surface area contributed by atoms with Gasteiger partial charge in [0.25, 0.3) is 0 Å². The van der Waals surface area contributed by atoms with Crippen LogP contribution in [0.25, 0.3) is 0 Å². The summed E-state index contributed by atoms with van der Waals surface area (Å²) in [5.74, 6) is 5.56. The fourth-order valence-corrected chi connectivity index (χ4v) is 2.85. The summed E-state index contributed by atoms with van der Waals surface area (Å²) in [7, 11) is 4.60. The van der Waals surface area contributed by atoms with E-state index in [9.17, 15) is 4.79 Å². The number of aromatic nitrogens is 2. The Morgan fingerprint density at radius 1 is 1.33 bits per heavy atom. The van der Waals surface area contributed by atoms with Crippen LogP contribution in [-0.4, -0.2) is 80.7 Å². The Labute approximate surface area is 157 Å². The molecule has 10 nitrogen and oxygen atoms in total. The number of hydrogen-bond acceptors (Lipinski definition) is 9. The minimum Gasteiger partial charge on any atom is -0.394 e. The van der Waals surface area contributed by atoms with Crippen LogP contribution in [0.3, 0.4) is 0 Å². The minimum absolute atomic E-state index is 0.00889. The van der Waals surface area contributed by atoms with E-state index in [-0.39, 0.29) is 32.2 Å². The molecular weight excluding hydrogens is 358 g/mol. The van der Waals surface area contributed by atoms with Gasteiger partial charge in [-0.1, -0.05) is 11.8 Å². The maximum atomic E-state index is 12.4. The number of ether oxygens (including phenoxy) is 5. The van der Waals surface area contributed by atoms with Crippen molar-refractivity contribution in [1.29, 1.82) is 0 Å². The van der Waals surface area contributed by atoms with Gasteiger partial charge in [0, 0.05) is 27.5 Å². The molecule has 1 aromatic heterocycles. The average Bonchev–Trinajstić information content (AvgIpc) is 3.00. The molecule has 0 radical (unpaired) electrons. The molecule has 2 heterocycles.